The molecular weight excluding hydrogens is 124 g/mol. The Balaban J connectivity index is 2.35. The maximum Gasteiger partial charge on any atom is 0.0352 e. The molecule has 0 aromatic rings. The summed E-state index contributed by atoms with van der Waals surface area (Å²) in [7, 11) is 0. The van der Waals surface area contributed by atoms with Gasteiger partial charge in [-0.3, -0.25) is 0 Å². The lowest BCUT2D eigenvalue weighted by Gasteiger charge is -2.45. The summed E-state index contributed by atoms with van der Waals surface area (Å²) < 4.78 is 0. The fraction of sp³-hybridized carbons (Fsp3) is 0.750. The van der Waals surface area contributed by atoms with Gasteiger partial charge >= 0.3 is 0 Å². The molecule has 0 unspecified atom stereocenters. The molecule has 0 aliphatic carbocycles. The van der Waals surface area contributed by atoms with Crippen LogP contribution in [0.15, 0.2) is 11.4 Å². The SMILES string of the molecule is CC1=C(C)N2CCN1CC2. The van der Waals surface area contributed by atoms with E-state index in [-0.39, 0.29) is 0 Å². The molecule has 0 spiro atoms. The Bertz CT molecular complexity index is 156. The van der Waals surface area contributed by atoms with Crippen LogP contribution in [0.3, 0.4) is 0 Å². The highest BCUT2D eigenvalue weighted by molar-refractivity contribution is 5.14. The van der Waals surface area contributed by atoms with Gasteiger partial charge < -0.3 is 9.80 Å². The monoisotopic (exact) mass is 138 g/mol. The number of nitrogens with zero attached hydrogens (tertiary/aromatic N) is 2. The lowest BCUT2D eigenvalue weighted by atomic mass is 10.1. The van der Waals surface area contributed by atoms with Gasteiger partial charge in [-0.05, 0) is 13.8 Å². The Kier molecular flexibility index (Phi) is 1.16. The fourth-order valence-corrected chi connectivity index (χ4v) is 1.83. The largest absolute Gasteiger partial charge is 0.370 e. The minimum absolute atomic E-state index is 1.24. The summed E-state index contributed by atoms with van der Waals surface area (Å²) in [6, 6.07) is 0. The van der Waals surface area contributed by atoms with E-state index in [1.54, 1.807) is 0 Å². The second-order valence-corrected chi connectivity index (χ2v) is 3.14. The second-order valence-electron chi connectivity index (χ2n) is 3.14. The first-order chi connectivity index (χ1) is 4.79. The second kappa shape index (κ2) is 1.91. The Morgan fingerprint density at radius 2 is 1.10 bits per heavy atom. The van der Waals surface area contributed by atoms with E-state index in [9.17, 15) is 0 Å². The number of rotatable bonds is 0. The maximum absolute atomic E-state index is 2.48. The van der Waals surface area contributed by atoms with Crippen LogP contribution in [0.25, 0.3) is 0 Å². The molecule has 0 aromatic carbocycles. The van der Waals surface area contributed by atoms with E-state index in [2.05, 4.69) is 23.6 Å². The van der Waals surface area contributed by atoms with Crippen LogP contribution in [-0.2, 0) is 0 Å². The summed E-state index contributed by atoms with van der Waals surface area (Å²) in [6.07, 6.45) is 0. The minimum atomic E-state index is 1.24. The normalized spacial score (nSPS) is 24.6. The molecule has 0 N–H and O–H groups in total. The van der Waals surface area contributed by atoms with E-state index in [4.69, 9.17) is 0 Å². The standard InChI is InChI=1S/C8H14N2/c1-7-8(2)10-5-3-9(7)4-6-10/h3-6H2,1-2H3. The molecule has 2 heteroatoms. The summed E-state index contributed by atoms with van der Waals surface area (Å²) in [5, 5.41) is 0. The van der Waals surface area contributed by atoms with E-state index >= 15 is 0 Å². The van der Waals surface area contributed by atoms with Gasteiger partial charge in [-0.25, -0.2) is 0 Å². The van der Waals surface area contributed by atoms with Crippen LogP contribution < -0.4 is 0 Å². The third kappa shape index (κ3) is 0.648. The number of allylic oxidation sites excluding steroid dienone is 2. The van der Waals surface area contributed by atoms with Crippen molar-refractivity contribution in [3.05, 3.63) is 11.4 Å². The highest BCUT2D eigenvalue weighted by Crippen LogP contribution is 2.23. The van der Waals surface area contributed by atoms with Crippen LogP contribution in [0.1, 0.15) is 13.8 Å². The zero-order valence-electron chi connectivity index (χ0n) is 6.72. The molecule has 0 radical (unpaired) electrons. The van der Waals surface area contributed by atoms with Gasteiger partial charge in [0, 0.05) is 37.6 Å². The fourth-order valence-electron chi connectivity index (χ4n) is 1.83. The molecule has 3 rings (SSSR count). The highest BCUT2D eigenvalue weighted by Gasteiger charge is 2.24. The molecule has 10 heavy (non-hydrogen) atoms. The van der Waals surface area contributed by atoms with E-state index in [0.29, 0.717) is 0 Å². The van der Waals surface area contributed by atoms with E-state index in [1.165, 1.54) is 37.6 Å². The summed E-state index contributed by atoms with van der Waals surface area (Å²) in [6.45, 7) is 9.40. The van der Waals surface area contributed by atoms with Gasteiger partial charge in [-0.1, -0.05) is 0 Å². The summed E-state index contributed by atoms with van der Waals surface area (Å²) in [5.74, 6) is 0. The van der Waals surface area contributed by atoms with Gasteiger partial charge in [0.2, 0.25) is 0 Å². The topological polar surface area (TPSA) is 6.48 Å². The van der Waals surface area contributed by atoms with Crippen molar-refractivity contribution in [1.82, 2.24) is 9.80 Å². The zero-order valence-corrected chi connectivity index (χ0v) is 6.72. The predicted octanol–water partition coefficient (Wildman–Crippen LogP) is 0.869. The summed E-state index contributed by atoms with van der Waals surface area (Å²) in [5.41, 5.74) is 2.97. The molecule has 3 aliphatic rings. The van der Waals surface area contributed by atoms with E-state index < -0.39 is 0 Å². The number of hydrogen-bond donors (Lipinski definition) is 0. The first-order valence-electron chi connectivity index (χ1n) is 3.96. The predicted molar refractivity (Wildman–Crippen MR) is 41.5 cm³/mol. The van der Waals surface area contributed by atoms with Crippen LogP contribution in [-0.4, -0.2) is 36.0 Å². The third-order valence-corrected chi connectivity index (χ3v) is 2.75. The van der Waals surface area contributed by atoms with Crippen LogP contribution >= 0.6 is 0 Å². The number of hydrogen-bond acceptors (Lipinski definition) is 2. The average molecular weight is 138 g/mol. The molecule has 0 saturated carbocycles. The Morgan fingerprint density at radius 3 is 1.30 bits per heavy atom. The van der Waals surface area contributed by atoms with Crippen molar-refractivity contribution in [2.24, 2.45) is 0 Å². The maximum atomic E-state index is 2.48. The highest BCUT2D eigenvalue weighted by atomic mass is 15.3. The van der Waals surface area contributed by atoms with E-state index in [0.717, 1.165) is 0 Å². The Hall–Kier alpha value is -0.660. The number of piperazine rings is 1. The minimum Gasteiger partial charge on any atom is -0.370 e. The van der Waals surface area contributed by atoms with Crippen molar-refractivity contribution >= 4 is 0 Å². The molecule has 0 aromatic heterocycles. The molecule has 1 saturated heterocycles. The van der Waals surface area contributed by atoms with Crippen LogP contribution in [0.2, 0.25) is 0 Å². The van der Waals surface area contributed by atoms with Crippen molar-refractivity contribution in [2.45, 2.75) is 13.8 Å². The molecule has 2 bridgehead atoms. The molecule has 3 heterocycles. The molecule has 56 valence electrons. The van der Waals surface area contributed by atoms with Gasteiger partial charge in [0.25, 0.3) is 0 Å². The van der Waals surface area contributed by atoms with Crippen molar-refractivity contribution in [3.8, 4) is 0 Å². The lowest BCUT2D eigenvalue weighted by Crippen LogP contribution is -2.50. The molecule has 1 fully saturated rings. The molecule has 2 nitrogen and oxygen atoms in total. The molecule has 0 amide bonds. The van der Waals surface area contributed by atoms with Crippen molar-refractivity contribution in [2.75, 3.05) is 26.2 Å². The molecule has 3 aliphatic heterocycles. The van der Waals surface area contributed by atoms with Gasteiger partial charge in [-0.2, -0.15) is 0 Å². The van der Waals surface area contributed by atoms with Gasteiger partial charge in [0.15, 0.2) is 0 Å². The van der Waals surface area contributed by atoms with Crippen LogP contribution in [0, 0.1) is 0 Å². The third-order valence-electron chi connectivity index (χ3n) is 2.75. The average Bonchev–Trinajstić information content (AvgIpc) is 2.00. The Morgan fingerprint density at radius 1 is 0.800 bits per heavy atom. The van der Waals surface area contributed by atoms with Gasteiger partial charge in [-0.15, -0.1) is 0 Å². The lowest BCUT2D eigenvalue weighted by molar-refractivity contribution is 0.148. The smallest absolute Gasteiger partial charge is 0.0352 e. The van der Waals surface area contributed by atoms with Crippen LogP contribution in [0.5, 0.6) is 0 Å². The van der Waals surface area contributed by atoms with Crippen molar-refractivity contribution in [1.29, 1.82) is 0 Å². The van der Waals surface area contributed by atoms with Crippen molar-refractivity contribution < 1.29 is 0 Å². The summed E-state index contributed by atoms with van der Waals surface area (Å²) >= 11 is 0. The van der Waals surface area contributed by atoms with E-state index in [1.807, 2.05) is 0 Å². The molecular formula is C8H14N2. The summed E-state index contributed by atoms with van der Waals surface area (Å²) in [4.78, 5) is 4.96. The quantitative estimate of drug-likeness (QED) is 0.490. The van der Waals surface area contributed by atoms with Crippen molar-refractivity contribution in [3.63, 3.8) is 0 Å². The van der Waals surface area contributed by atoms with Gasteiger partial charge in [0.05, 0.1) is 0 Å². The van der Waals surface area contributed by atoms with Gasteiger partial charge in [0.1, 0.15) is 0 Å². The molecule has 0 atom stereocenters. The number of fused-ring (bicyclic) bond motifs is 2. The Labute approximate surface area is 62.1 Å². The zero-order chi connectivity index (χ0) is 7.14. The first-order valence-corrected chi connectivity index (χ1v) is 3.96. The van der Waals surface area contributed by atoms with Crippen LogP contribution in [0.4, 0.5) is 0 Å². The first kappa shape index (κ1) is 6.08.